The molecule has 0 bridgehead atoms. The van der Waals surface area contributed by atoms with Crippen LogP contribution in [0.2, 0.25) is 0 Å². The molecule has 2 amide bonds. The van der Waals surface area contributed by atoms with Crippen molar-refractivity contribution in [3.63, 3.8) is 0 Å². The van der Waals surface area contributed by atoms with Gasteiger partial charge in [0.15, 0.2) is 9.84 Å². The molecular formula is C20H23N3O6S2. The lowest BCUT2D eigenvalue weighted by atomic mass is 10.2. The first-order chi connectivity index (χ1) is 14.7. The van der Waals surface area contributed by atoms with E-state index in [1.165, 1.54) is 36.4 Å². The van der Waals surface area contributed by atoms with Crippen LogP contribution in [0, 0.1) is 0 Å². The number of hydrogen-bond acceptors (Lipinski definition) is 6. The van der Waals surface area contributed by atoms with Gasteiger partial charge in [0.25, 0.3) is 5.91 Å². The molecule has 31 heavy (non-hydrogen) atoms. The molecule has 166 valence electrons. The predicted molar refractivity (Wildman–Crippen MR) is 114 cm³/mol. The maximum atomic E-state index is 12.6. The van der Waals surface area contributed by atoms with Crippen LogP contribution in [0.3, 0.4) is 0 Å². The van der Waals surface area contributed by atoms with Crippen LogP contribution in [0.1, 0.15) is 16.8 Å². The summed E-state index contributed by atoms with van der Waals surface area (Å²) in [6.45, 7) is 0.352. The second kappa shape index (κ2) is 9.58. The lowest BCUT2D eigenvalue weighted by Crippen LogP contribution is -2.49. The molecule has 0 saturated carbocycles. The predicted octanol–water partition coefficient (Wildman–Crippen LogP) is 0.401. The van der Waals surface area contributed by atoms with Gasteiger partial charge in [-0.1, -0.05) is 18.2 Å². The number of carbonyl (C=O) groups is 2. The molecule has 1 fully saturated rings. The molecule has 0 radical (unpaired) electrons. The fourth-order valence-electron chi connectivity index (χ4n) is 3.06. The fraction of sp³-hybridized carbons (Fsp3) is 0.300. The van der Waals surface area contributed by atoms with Crippen molar-refractivity contribution in [1.82, 2.24) is 14.9 Å². The number of amides is 2. The van der Waals surface area contributed by atoms with Gasteiger partial charge in [0, 0.05) is 25.2 Å². The Balaban J connectivity index is 1.54. The van der Waals surface area contributed by atoms with Gasteiger partial charge in [-0.05, 0) is 42.8 Å². The molecule has 9 nitrogen and oxygen atoms in total. The van der Waals surface area contributed by atoms with E-state index in [0.717, 1.165) is 4.31 Å². The lowest BCUT2D eigenvalue weighted by molar-refractivity contribution is -0.122. The van der Waals surface area contributed by atoms with E-state index in [1.807, 2.05) is 0 Å². The van der Waals surface area contributed by atoms with Crippen LogP contribution in [-0.2, 0) is 24.7 Å². The third-order valence-electron chi connectivity index (χ3n) is 4.74. The van der Waals surface area contributed by atoms with Gasteiger partial charge >= 0.3 is 0 Å². The molecule has 1 saturated heterocycles. The molecule has 0 spiro atoms. The molecule has 2 N–H and O–H groups in total. The Labute approximate surface area is 181 Å². The minimum absolute atomic E-state index is 0.00676. The number of sulfonamides is 1. The van der Waals surface area contributed by atoms with Crippen molar-refractivity contribution in [1.29, 1.82) is 0 Å². The van der Waals surface area contributed by atoms with Gasteiger partial charge in [-0.15, -0.1) is 0 Å². The van der Waals surface area contributed by atoms with Crippen LogP contribution >= 0.6 is 0 Å². The van der Waals surface area contributed by atoms with E-state index < -0.39 is 25.8 Å². The topological polar surface area (TPSA) is 130 Å². The SMILES string of the molecule is O=C1CN(S(=O)(=O)c2ccc(C(=O)NCCCS(=O)(=O)c3ccccc3)cc2)CCN1. The van der Waals surface area contributed by atoms with Crippen molar-refractivity contribution in [3.8, 4) is 0 Å². The Morgan fingerprint density at radius 2 is 1.65 bits per heavy atom. The van der Waals surface area contributed by atoms with E-state index in [4.69, 9.17) is 0 Å². The largest absolute Gasteiger partial charge is 0.354 e. The van der Waals surface area contributed by atoms with Crippen molar-refractivity contribution < 1.29 is 26.4 Å². The highest BCUT2D eigenvalue weighted by Crippen LogP contribution is 2.17. The van der Waals surface area contributed by atoms with Crippen LogP contribution in [0.25, 0.3) is 0 Å². The van der Waals surface area contributed by atoms with Crippen LogP contribution in [-0.4, -0.2) is 64.9 Å². The van der Waals surface area contributed by atoms with Crippen LogP contribution < -0.4 is 10.6 Å². The Hall–Kier alpha value is -2.76. The minimum atomic E-state index is -3.83. The smallest absolute Gasteiger partial charge is 0.251 e. The molecule has 1 aliphatic heterocycles. The molecule has 0 aromatic heterocycles. The summed E-state index contributed by atoms with van der Waals surface area (Å²) in [6, 6.07) is 13.5. The zero-order valence-electron chi connectivity index (χ0n) is 16.7. The summed E-state index contributed by atoms with van der Waals surface area (Å²) >= 11 is 0. The molecule has 1 heterocycles. The van der Waals surface area contributed by atoms with E-state index in [2.05, 4.69) is 10.6 Å². The lowest BCUT2D eigenvalue weighted by Gasteiger charge is -2.25. The molecular weight excluding hydrogens is 442 g/mol. The first-order valence-corrected chi connectivity index (χ1v) is 12.7. The van der Waals surface area contributed by atoms with Gasteiger partial charge in [0.1, 0.15) is 0 Å². The minimum Gasteiger partial charge on any atom is -0.354 e. The maximum Gasteiger partial charge on any atom is 0.251 e. The maximum absolute atomic E-state index is 12.6. The van der Waals surface area contributed by atoms with E-state index in [-0.39, 0.29) is 59.6 Å². The van der Waals surface area contributed by atoms with Crippen molar-refractivity contribution in [2.75, 3.05) is 31.9 Å². The number of nitrogens with zero attached hydrogens (tertiary/aromatic N) is 1. The molecule has 2 aromatic carbocycles. The van der Waals surface area contributed by atoms with Crippen LogP contribution in [0.15, 0.2) is 64.4 Å². The Morgan fingerprint density at radius 3 is 2.29 bits per heavy atom. The third-order valence-corrected chi connectivity index (χ3v) is 8.41. The van der Waals surface area contributed by atoms with Gasteiger partial charge in [0.2, 0.25) is 15.9 Å². The molecule has 0 atom stereocenters. The molecule has 11 heteroatoms. The van der Waals surface area contributed by atoms with Crippen molar-refractivity contribution >= 4 is 31.7 Å². The molecule has 1 aliphatic rings. The number of piperazine rings is 1. The van der Waals surface area contributed by atoms with E-state index in [0.29, 0.717) is 0 Å². The average molecular weight is 466 g/mol. The molecule has 0 unspecified atom stereocenters. The standard InChI is InChI=1S/C20H23N3O6S2/c24-19-15-23(13-12-21-19)31(28,29)18-9-7-16(8-10-18)20(25)22-11-4-14-30(26,27)17-5-2-1-3-6-17/h1-3,5-10H,4,11-15H2,(H,21,24)(H,22,25). The van der Waals surface area contributed by atoms with Gasteiger partial charge in [-0.25, -0.2) is 16.8 Å². The summed E-state index contributed by atoms with van der Waals surface area (Å²) in [6.07, 6.45) is 0.243. The monoisotopic (exact) mass is 465 g/mol. The highest BCUT2D eigenvalue weighted by atomic mass is 32.2. The highest BCUT2D eigenvalue weighted by molar-refractivity contribution is 7.91. The van der Waals surface area contributed by atoms with E-state index in [9.17, 15) is 26.4 Å². The fourth-order valence-corrected chi connectivity index (χ4v) is 5.79. The summed E-state index contributed by atoms with van der Waals surface area (Å²) < 4.78 is 50.8. The second-order valence-corrected chi connectivity index (χ2v) is 11.0. The zero-order chi connectivity index (χ0) is 22.5. The Morgan fingerprint density at radius 1 is 0.968 bits per heavy atom. The summed E-state index contributed by atoms with van der Waals surface area (Å²) in [5.74, 6) is -0.892. The van der Waals surface area contributed by atoms with Gasteiger partial charge < -0.3 is 10.6 Å². The van der Waals surface area contributed by atoms with Gasteiger partial charge in [0.05, 0.1) is 22.1 Å². The number of rotatable bonds is 8. The Bertz CT molecular complexity index is 1150. The average Bonchev–Trinajstić information content (AvgIpc) is 2.77. The first kappa shape index (κ1) is 22.9. The summed E-state index contributed by atoms with van der Waals surface area (Å²) in [4.78, 5) is 24.0. The zero-order valence-corrected chi connectivity index (χ0v) is 18.3. The van der Waals surface area contributed by atoms with Gasteiger partial charge in [-0.2, -0.15) is 4.31 Å². The number of nitrogens with one attached hydrogen (secondary N) is 2. The van der Waals surface area contributed by atoms with Crippen LogP contribution in [0.4, 0.5) is 0 Å². The summed E-state index contributed by atoms with van der Waals surface area (Å²) in [7, 11) is -7.24. The van der Waals surface area contributed by atoms with Crippen molar-refractivity contribution in [2.45, 2.75) is 16.2 Å². The normalized spacial score (nSPS) is 15.3. The third kappa shape index (κ3) is 5.69. The summed E-state index contributed by atoms with van der Waals surface area (Å²) in [5.41, 5.74) is 0.251. The van der Waals surface area contributed by atoms with Gasteiger partial charge in [-0.3, -0.25) is 9.59 Å². The van der Waals surface area contributed by atoms with Crippen LogP contribution in [0.5, 0.6) is 0 Å². The quantitative estimate of drug-likeness (QED) is 0.543. The number of hydrogen-bond donors (Lipinski definition) is 2. The van der Waals surface area contributed by atoms with E-state index >= 15 is 0 Å². The number of carbonyl (C=O) groups excluding carboxylic acids is 2. The van der Waals surface area contributed by atoms with Crippen molar-refractivity contribution in [3.05, 3.63) is 60.2 Å². The second-order valence-electron chi connectivity index (χ2n) is 6.95. The van der Waals surface area contributed by atoms with E-state index in [1.54, 1.807) is 18.2 Å². The molecule has 0 aliphatic carbocycles. The number of benzene rings is 2. The Kier molecular flexibility index (Phi) is 7.08. The highest BCUT2D eigenvalue weighted by Gasteiger charge is 2.29. The van der Waals surface area contributed by atoms with Crippen molar-refractivity contribution in [2.24, 2.45) is 0 Å². The first-order valence-electron chi connectivity index (χ1n) is 9.63. The molecule has 3 rings (SSSR count). The molecule has 2 aromatic rings. The summed E-state index contributed by atoms with van der Waals surface area (Å²) in [5, 5.41) is 5.20. The number of sulfone groups is 1.